The zero-order valence-electron chi connectivity index (χ0n) is 15.1. The predicted molar refractivity (Wildman–Crippen MR) is 101 cm³/mol. The summed E-state index contributed by atoms with van der Waals surface area (Å²) in [7, 11) is 1.77. The first-order chi connectivity index (χ1) is 12.1. The standard InChI is InChI=1S/C18H26ClN5O/c1-13(2)17-23-16(25-24-17)5-4-11-21-18(20-3)22-12-10-14-6-8-15(19)9-7-14/h6-9,13H,4-5,10-12H2,1-3H3,(H2,20,21,22). The SMILES string of the molecule is CN=C(NCCCc1nc(C(C)C)no1)NCCc1ccc(Cl)cc1. The van der Waals surface area contributed by atoms with Crippen molar-refractivity contribution in [1.29, 1.82) is 0 Å². The van der Waals surface area contributed by atoms with E-state index in [0.717, 1.165) is 49.2 Å². The number of rotatable bonds is 8. The molecule has 0 atom stereocenters. The third kappa shape index (κ3) is 6.74. The summed E-state index contributed by atoms with van der Waals surface area (Å²) in [6.07, 6.45) is 2.57. The highest BCUT2D eigenvalue weighted by molar-refractivity contribution is 6.30. The van der Waals surface area contributed by atoms with Gasteiger partial charge in [-0.25, -0.2) is 0 Å². The molecule has 0 bridgehead atoms. The minimum atomic E-state index is 0.291. The number of hydrogen-bond acceptors (Lipinski definition) is 4. The smallest absolute Gasteiger partial charge is 0.226 e. The Kier molecular flexibility index (Phi) is 7.73. The molecular weight excluding hydrogens is 338 g/mol. The van der Waals surface area contributed by atoms with Crippen LogP contribution in [-0.4, -0.2) is 36.2 Å². The number of guanidine groups is 1. The lowest BCUT2D eigenvalue weighted by Crippen LogP contribution is -2.38. The van der Waals surface area contributed by atoms with Crippen LogP contribution in [0.3, 0.4) is 0 Å². The Balaban J connectivity index is 1.63. The first-order valence-electron chi connectivity index (χ1n) is 8.60. The molecule has 0 aliphatic rings. The second-order valence-corrected chi connectivity index (χ2v) is 6.54. The van der Waals surface area contributed by atoms with Crippen LogP contribution >= 0.6 is 11.6 Å². The lowest BCUT2D eigenvalue weighted by Gasteiger charge is -2.11. The summed E-state index contributed by atoms with van der Waals surface area (Å²) in [5, 5.41) is 11.3. The number of benzene rings is 1. The number of hydrogen-bond donors (Lipinski definition) is 2. The molecule has 25 heavy (non-hydrogen) atoms. The number of aromatic nitrogens is 2. The molecule has 0 fully saturated rings. The van der Waals surface area contributed by atoms with Gasteiger partial charge in [0.25, 0.3) is 0 Å². The van der Waals surface area contributed by atoms with Gasteiger partial charge in [-0.2, -0.15) is 4.98 Å². The van der Waals surface area contributed by atoms with Gasteiger partial charge in [0.05, 0.1) is 0 Å². The van der Waals surface area contributed by atoms with Crippen molar-refractivity contribution in [2.45, 2.75) is 39.0 Å². The van der Waals surface area contributed by atoms with Crippen molar-refractivity contribution in [2.75, 3.05) is 20.1 Å². The quantitative estimate of drug-likeness (QED) is 0.428. The highest BCUT2D eigenvalue weighted by Gasteiger charge is 2.09. The zero-order chi connectivity index (χ0) is 18.1. The number of halogens is 1. The van der Waals surface area contributed by atoms with E-state index in [1.54, 1.807) is 7.05 Å². The molecule has 136 valence electrons. The van der Waals surface area contributed by atoms with Gasteiger partial charge >= 0.3 is 0 Å². The van der Waals surface area contributed by atoms with E-state index >= 15 is 0 Å². The molecule has 0 aliphatic heterocycles. The van der Waals surface area contributed by atoms with Gasteiger partial charge in [-0.15, -0.1) is 0 Å². The Morgan fingerprint density at radius 2 is 1.88 bits per heavy atom. The average molecular weight is 364 g/mol. The molecule has 0 spiro atoms. The molecule has 0 aliphatic carbocycles. The van der Waals surface area contributed by atoms with E-state index < -0.39 is 0 Å². The topological polar surface area (TPSA) is 75.3 Å². The van der Waals surface area contributed by atoms with Crippen molar-refractivity contribution in [1.82, 2.24) is 20.8 Å². The van der Waals surface area contributed by atoms with Crippen molar-refractivity contribution < 1.29 is 4.52 Å². The molecule has 0 radical (unpaired) electrons. The minimum absolute atomic E-state index is 0.291. The van der Waals surface area contributed by atoms with E-state index in [1.165, 1.54) is 5.56 Å². The molecule has 1 aromatic carbocycles. The lowest BCUT2D eigenvalue weighted by atomic mass is 10.1. The van der Waals surface area contributed by atoms with Gasteiger partial charge in [-0.3, -0.25) is 4.99 Å². The van der Waals surface area contributed by atoms with Crippen molar-refractivity contribution in [3.8, 4) is 0 Å². The Morgan fingerprint density at radius 3 is 2.52 bits per heavy atom. The predicted octanol–water partition coefficient (Wildman–Crippen LogP) is 3.19. The normalized spacial score (nSPS) is 11.8. The summed E-state index contributed by atoms with van der Waals surface area (Å²) >= 11 is 5.89. The summed E-state index contributed by atoms with van der Waals surface area (Å²) in [4.78, 5) is 8.60. The van der Waals surface area contributed by atoms with E-state index in [2.05, 4.69) is 39.6 Å². The molecule has 7 heteroatoms. The van der Waals surface area contributed by atoms with Gasteiger partial charge in [0.15, 0.2) is 11.8 Å². The van der Waals surface area contributed by atoms with Gasteiger partial charge in [-0.1, -0.05) is 42.7 Å². The summed E-state index contributed by atoms with van der Waals surface area (Å²) in [6.45, 7) is 5.70. The summed E-state index contributed by atoms with van der Waals surface area (Å²) in [5.41, 5.74) is 1.24. The Morgan fingerprint density at radius 1 is 1.16 bits per heavy atom. The number of nitrogens with one attached hydrogen (secondary N) is 2. The molecule has 2 N–H and O–H groups in total. The van der Waals surface area contributed by atoms with E-state index in [-0.39, 0.29) is 0 Å². The third-order valence-electron chi connectivity index (χ3n) is 3.70. The molecule has 1 aromatic heterocycles. The van der Waals surface area contributed by atoms with Crippen LogP contribution in [0, 0.1) is 0 Å². The van der Waals surface area contributed by atoms with Crippen molar-refractivity contribution in [2.24, 2.45) is 4.99 Å². The minimum Gasteiger partial charge on any atom is -0.356 e. The maximum Gasteiger partial charge on any atom is 0.226 e. The summed E-state index contributed by atoms with van der Waals surface area (Å²) in [6, 6.07) is 7.89. The molecule has 6 nitrogen and oxygen atoms in total. The van der Waals surface area contributed by atoms with Crippen molar-refractivity contribution in [3.05, 3.63) is 46.6 Å². The molecule has 0 saturated carbocycles. The van der Waals surface area contributed by atoms with Crippen LogP contribution in [0.25, 0.3) is 0 Å². The summed E-state index contributed by atoms with van der Waals surface area (Å²) in [5.74, 6) is 2.54. The molecule has 1 heterocycles. The first-order valence-corrected chi connectivity index (χ1v) is 8.97. The molecule has 0 saturated heterocycles. The molecular formula is C18H26ClN5O. The molecule has 2 rings (SSSR count). The van der Waals surface area contributed by atoms with Gasteiger partial charge in [0.1, 0.15) is 0 Å². The van der Waals surface area contributed by atoms with E-state index in [4.69, 9.17) is 16.1 Å². The fourth-order valence-electron chi connectivity index (χ4n) is 2.25. The second-order valence-electron chi connectivity index (χ2n) is 6.11. The monoisotopic (exact) mass is 363 g/mol. The second kappa shape index (κ2) is 10.0. The molecule has 2 aromatic rings. The fourth-order valence-corrected chi connectivity index (χ4v) is 2.37. The van der Waals surface area contributed by atoms with Crippen LogP contribution < -0.4 is 10.6 Å². The molecule has 0 amide bonds. The van der Waals surface area contributed by atoms with Crippen molar-refractivity contribution in [3.63, 3.8) is 0 Å². The Labute approximate surface area is 154 Å². The Hall–Kier alpha value is -2.08. The maximum absolute atomic E-state index is 5.89. The largest absolute Gasteiger partial charge is 0.356 e. The fraction of sp³-hybridized carbons (Fsp3) is 0.500. The van der Waals surface area contributed by atoms with Crippen LogP contribution in [-0.2, 0) is 12.8 Å². The van der Waals surface area contributed by atoms with E-state index in [1.807, 2.05) is 24.3 Å². The van der Waals surface area contributed by atoms with Gasteiger partial charge in [0.2, 0.25) is 5.89 Å². The average Bonchev–Trinajstić information content (AvgIpc) is 3.08. The number of nitrogens with zero attached hydrogens (tertiary/aromatic N) is 3. The first kappa shape index (κ1) is 19.2. The third-order valence-corrected chi connectivity index (χ3v) is 3.96. The Bertz CT molecular complexity index is 666. The van der Waals surface area contributed by atoms with Crippen LogP contribution in [0.2, 0.25) is 5.02 Å². The lowest BCUT2D eigenvalue weighted by molar-refractivity contribution is 0.368. The van der Waals surface area contributed by atoms with Gasteiger partial charge < -0.3 is 15.2 Å². The van der Waals surface area contributed by atoms with Crippen LogP contribution in [0.1, 0.15) is 43.5 Å². The van der Waals surface area contributed by atoms with Crippen LogP contribution in [0.4, 0.5) is 0 Å². The number of aliphatic imine (C=N–C) groups is 1. The molecule has 0 unspecified atom stereocenters. The van der Waals surface area contributed by atoms with Crippen LogP contribution in [0.15, 0.2) is 33.8 Å². The van der Waals surface area contributed by atoms with Crippen molar-refractivity contribution >= 4 is 17.6 Å². The van der Waals surface area contributed by atoms with Crippen LogP contribution in [0.5, 0.6) is 0 Å². The summed E-state index contributed by atoms with van der Waals surface area (Å²) < 4.78 is 5.24. The highest BCUT2D eigenvalue weighted by atomic mass is 35.5. The number of aryl methyl sites for hydroxylation is 1. The maximum atomic E-state index is 5.89. The highest BCUT2D eigenvalue weighted by Crippen LogP contribution is 2.10. The van der Waals surface area contributed by atoms with Gasteiger partial charge in [0, 0.05) is 37.5 Å². The van der Waals surface area contributed by atoms with E-state index in [0.29, 0.717) is 11.8 Å². The van der Waals surface area contributed by atoms with E-state index in [9.17, 15) is 0 Å². The zero-order valence-corrected chi connectivity index (χ0v) is 15.8. The van der Waals surface area contributed by atoms with Gasteiger partial charge in [-0.05, 0) is 30.5 Å².